The van der Waals surface area contributed by atoms with Crippen LogP contribution in [0.1, 0.15) is 13.3 Å². The summed E-state index contributed by atoms with van der Waals surface area (Å²) in [4.78, 5) is 0. The van der Waals surface area contributed by atoms with Gasteiger partial charge in [0.2, 0.25) is 0 Å². The van der Waals surface area contributed by atoms with Gasteiger partial charge in [-0.15, -0.1) is 0 Å². The van der Waals surface area contributed by atoms with E-state index in [9.17, 15) is 0 Å². The van der Waals surface area contributed by atoms with Gasteiger partial charge in [-0.2, -0.15) is 0 Å². The third kappa shape index (κ3) is 1.92. The van der Waals surface area contributed by atoms with Crippen LogP contribution in [0.4, 0.5) is 0 Å². The average molecular weight is 208 g/mol. The second kappa shape index (κ2) is 5.63. The molecular weight excluding hydrogens is 188 g/mol. The van der Waals surface area contributed by atoms with Gasteiger partial charge in [-0.3, -0.25) is 0 Å². The molecule has 0 atom stereocenters. The van der Waals surface area contributed by atoms with Gasteiger partial charge >= 0.3 is 5.97 Å². The second-order valence-corrected chi connectivity index (χ2v) is 2.68. The minimum Gasteiger partial charge on any atom is -0.347 e. The van der Waals surface area contributed by atoms with Crippen LogP contribution >= 0.6 is 0 Å². The average Bonchev–Trinajstić information content (AvgIpc) is 2.27. The van der Waals surface area contributed by atoms with Crippen molar-refractivity contribution in [2.45, 2.75) is 25.1 Å². The molecule has 0 aliphatic carbocycles. The van der Waals surface area contributed by atoms with Gasteiger partial charge in [0.1, 0.15) is 0 Å². The van der Waals surface area contributed by atoms with E-state index < -0.39 is 11.8 Å². The van der Waals surface area contributed by atoms with Crippen LogP contribution in [0.25, 0.3) is 0 Å². The van der Waals surface area contributed by atoms with Crippen LogP contribution in [0.15, 0.2) is 0 Å². The van der Waals surface area contributed by atoms with Crippen molar-refractivity contribution < 1.29 is 23.7 Å². The Bertz CT molecular complexity index is 117. The second-order valence-electron chi connectivity index (χ2n) is 2.68. The monoisotopic (exact) mass is 208 g/mol. The van der Waals surface area contributed by atoms with Crippen molar-refractivity contribution in [3.8, 4) is 0 Å². The van der Waals surface area contributed by atoms with E-state index in [2.05, 4.69) is 0 Å². The van der Waals surface area contributed by atoms with Gasteiger partial charge in [0.25, 0.3) is 5.79 Å². The Morgan fingerprint density at radius 2 is 1.07 bits per heavy atom. The third-order valence-electron chi connectivity index (χ3n) is 2.40. The molecule has 0 radical (unpaired) electrons. The summed E-state index contributed by atoms with van der Waals surface area (Å²) in [5.74, 6) is -2.43. The fourth-order valence-electron chi connectivity index (χ4n) is 1.56. The zero-order valence-corrected chi connectivity index (χ0v) is 9.75. The molecule has 86 valence electrons. The van der Waals surface area contributed by atoms with Gasteiger partial charge in [-0.25, -0.2) is 0 Å². The number of methoxy groups -OCH3 is 5. The number of hydrogen-bond donors (Lipinski definition) is 0. The fourth-order valence-corrected chi connectivity index (χ4v) is 1.56. The van der Waals surface area contributed by atoms with Gasteiger partial charge in [0.05, 0.1) is 0 Å². The minimum absolute atomic E-state index is 0.523. The van der Waals surface area contributed by atoms with Crippen LogP contribution in [0.5, 0.6) is 0 Å². The molecule has 0 rings (SSSR count). The van der Waals surface area contributed by atoms with Crippen molar-refractivity contribution in [2.75, 3.05) is 35.5 Å². The Hall–Kier alpha value is -0.200. The molecule has 0 saturated heterocycles. The highest BCUT2D eigenvalue weighted by Gasteiger charge is 2.55. The molecule has 0 unspecified atom stereocenters. The van der Waals surface area contributed by atoms with E-state index in [-0.39, 0.29) is 0 Å². The summed E-state index contributed by atoms with van der Waals surface area (Å²) in [6.07, 6.45) is 0.523. The Morgan fingerprint density at radius 3 is 1.14 bits per heavy atom. The molecule has 5 nitrogen and oxygen atoms in total. The van der Waals surface area contributed by atoms with Gasteiger partial charge in [0, 0.05) is 42.0 Å². The summed E-state index contributed by atoms with van der Waals surface area (Å²) in [5.41, 5.74) is 0. The maximum Gasteiger partial charge on any atom is 0.339 e. The Morgan fingerprint density at radius 1 is 0.714 bits per heavy atom. The lowest BCUT2D eigenvalue weighted by molar-refractivity contribution is -0.475. The third-order valence-corrected chi connectivity index (χ3v) is 2.40. The van der Waals surface area contributed by atoms with E-state index in [0.29, 0.717) is 6.42 Å². The summed E-state index contributed by atoms with van der Waals surface area (Å²) in [5, 5.41) is 0. The van der Waals surface area contributed by atoms with Crippen molar-refractivity contribution in [1.29, 1.82) is 0 Å². The van der Waals surface area contributed by atoms with Crippen molar-refractivity contribution >= 4 is 0 Å². The van der Waals surface area contributed by atoms with Gasteiger partial charge in [-0.05, 0) is 0 Å². The van der Waals surface area contributed by atoms with Crippen LogP contribution in [0, 0.1) is 0 Å². The van der Waals surface area contributed by atoms with Crippen molar-refractivity contribution in [3.05, 3.63) is 0 Å². The summed E-state index contributed by atoms with van der Waals surface area (Å²) in [6.45, 7) is 1.89. The molecule has 0 saturated carbocycles. The van der Waals surface area contributed by atoms with Crippen LogP contribution in [0.3, 0.4) is 0 Å². The first-order chi connectivity index (χ1) is 6.61. The highest BCUT2D eigenvalue weighted by atomic mass is 16.9. The quantitative estimate of drug-likeness (QED) is 0.583. The maximum absolute atomic E-state index is 5.28. The molecule has 0 bridgehead atoms. The molecule has 14 heavy (non-hydrogen) atoms. The molecule has 0 aromatic rings. The van der Waals surface area contributed by atoms with Crippen molar-refractivity contribution in [1.82, 2.24) is 0 Å². The number of ether oxygens (including phenoxy) is 5. The zero-order valence-electron chi connectivity index (χ0n) is 9.75. The first-order valence-electron chi connectivity index (χ1n) is 4.37. The molecule has 0 N–H and O–H groups in total. The van der Waals surface area contributed by atoms with Gasteiger partial charge in [0.15, 0.2) is 0 Å². The largest absolute Gasteiger partial charge is 0.347 e. The normalized spacial score (nSPS) is 13.3. The molecule has 0 fully saturated rings. The van der Waals surface area contributed by atoms with E-state index in [1.165, 1.54) is 35.5 Å². The molecule has 0 heterocycles. The van der Waals surface area contributed by atoms with Gasteiger partial charge in [-0.1, -0.05) is 6.92 Å². The fraction of sp³-hybridized carbons (Fsp3) is 1.00. The predicted molar refractivity (Wildman–Crippen MR) is 50.8 cm³/mol. The van der Waals surface area contributed by atoms with E-state index in [4.69, 9.17) is 23.7 Å². The highest BCUT2D eigenvalue weighted by Crippen LogP contribution is 2.34. The summed E-state index contributed by atoms with van der Waals surface area (Å²) < 4.78 is 26.1. The Kier molecular flexibility index (Phi) is 5.54. The topological polar surface area (TPSA) is 46.2 Å². The molecule has 0 aromatic heterocycles. The van der Waals surface area contributed by atoms with Crippen LogP contribution < -0.4 is 0 Å². The van der Waals surface area contributed by atoms with E-state index in [1.54, 1.807) is 0 Å². The SMILES string of the molecule is CCC(OC)(OC)C(OC)(OC)OC. The van der Waals surface area contributed by atoms with Gasteiger partial charge < -0.3 is 23.7 Å². The van der Waals surface area contributed by atoms with Crippen LogP contribution in [-0.2, 0) is 23.7 Å². The smallest absolute Gasteiger partial charge is 0.339 e. The lowest BCUT2D eigenvalue weighted by Gasteiger charge is -2.43. The van der Waals surface area contributed by atoms with E-state index >= 15 is 0 Å². The van der Waals surface area contributed by atoms with Crippen molar-refractivity contribution in [3.63, 3.8) is 0 Å². The zero-order chi connectivity index (χ0) is 11.2. The Labute approximate surface area is 85.2 Å². The molecule has 0 aliphatic rings. The molecule has 0 amide bonds. The predicted octanol–water partition coefficient (Wildman–Crippen LogP) is 0.978. The van der Waals surface area contributed by atoms with Crippen LogP contribution in [-0.4, -0.2) is 47.3 Å². The lowest BCUT2D eigenvalue weighted by atomic mass is 10.1. The summed E-state index contributed by atoms with van der Waals surface area (Å²) in [7, 11) is 7.43. The molecular formula is C9H20O5. The number of hydrogen-bond acceptors (Lipinski definition) is 5. The molecule has 0 aliphatic heterocycles. The Balaban J connectivity index is 5.08. The number of rotatable bonds is 7. The first kappa shape index (κ1) is 13.8. The van der Waals surface area contributed by atoms with E-state index in [1.807, 2.05) is 6.92 Å². The van der Waals surface area contributed by atoms with Crippen molar-refractivity contribution in [2.24, 2.45) is 0 Å². The first-order valence-corrected chi connectivity index (χ1v) is 4.37. The molecule has 0 spiro atoms. The standard InChI is InChI=1S/C9H20O5/c1-7-8(10-2,11-3)9(12-4,13-5)14-6/h7H2,1-6H3. The highest BCUT2D eigenvalue weighted by molar-refractivity contribution is 4.79. The minimum atomic E-state index is -1.36. The molecule has 5 heteroatoms. The lowest BCUT2D eigenvalue weighted by Crippen LogP contribution is -2.60. The van der Waals surface area contributed by atoms with Crippen LogP contribution in [0.2, 0.25) is 0 Å². The molecule has 0 aromatic carbocycles. The maximum atomic E-state index is 5.28. The summed E-state index contributed by atoms with van der Waals surface area (Å²) >= 11 is 0. The van der Waals surface area contributed by atoms with E-state index in [0.717, 1.165) is 0 Å². The summed E-state index contributed by atoms with van der Waals surface area (Å²) in [6, 6.07) is 0.